The van der Waals surface area contributed by atoms with Crippen molar-refractivity contribution < 1.29 is 22.8 Å². The second-order valence-corrected chi connectivity index (χ2v) is 7.75. The number of rotatable bonds is 4. The number of amides is 1. The summed E-state index contributed by atoms with van der Waals surface area (Å²) in [4.78, 5) is 28.8. The highest BCUT2D eigenvalue weighted by molar-refractivity contribution is 6.05. The van der Waals surface area contributed by atoms with Gasteiger partial charge in [0.15, 0.2) is 5.78 Å². The molecule has 0 aliphatic carbocycles. The quantitative estimate of drug-likeness (QED) is 0.725. The lowest BCUT2D eigenvalue weighted by Gasteiger charge is -2.31. The number of alkyl halides is 3. The number of ketones is 1. The number of nitrogens with one attached hydrogen (secondary N) is 1. The highest BCUT2D eigenvalue weighted by atomic mass is 19.4. The van der Waals surface area contributed by atoms with Crippen LogP contribution in [0.1, 0.15) is 27.9 Å². The standard InChI is InChI=1S/C23H24F3N3O2/c1-15-7-8-16(22(31)27-19-6-4-5-18(12-19)23(24,25)26)11-20(15)29-10-9-21(30)17(14-29)13-28(2)3/h4-8,11-13H,9-10,14H2,1-3H3,(H,27,31)/b17-13+. The van der Waals surface area contributed by atoms with E-state index in [1.54, 1.807) is 24.4 Å². The van der Waals surface area contributed by atoms with Gasteiger partial charge in [0.25, 0.3) is 5.91 Å². The van der Waals surface area contributed by atoms with E-state index in [0.29, 0.717) is 30.6 Å². The fourth-order valence-electron chi connectivity index (χ4n) is 3.47. The molecule has 0 aromatic heterocycles. The normalized spacial score (nSPS) is 15.9. The molecule has 5 nitrogen and oxygen atoms in total. The van der Waals surface area contributed by atoms with Crippen LogP contribution in [0.15, 0.2) is 54.2 Å². The smallest absolute Gasteiger partial charge is 0.383 e. The average Bonchev–Trinajstić information content (AvgIpc) is 2.69. The van der Waals surface area contributed by atoms with Crippen LogP contribution in [0.2, 0.25) is 0 Å². The number of hydrogen-bond donors (Lipinski definition) is 1. The van der Waals surface area contributed by atoms with Crippen molar-refractivity contribution in [3.63, 3.8) is 0 Å². The van der Waals surface area contributed by atoms with E-state index >= 15 is 0 Å². The third-order valence-electron chi connectivity index (χ3n) is 5.00. The topological polar surface area (TPSA) is 52.7 Å². The number of Topliss-reactive ketones (excluding diaryl/α,β-unsaturated/α-hetero) is 1. The molecule has 1 saturated heterocycles. The van der Waals surface area contributed by atoms with E-state index in [1.165, 1.54) is 12.1 Å². The van der Waals surface area contributed by atoms with Gasteiger partial charge >= 0.3 is 6.18 Å². The zero-order valence-electron chi connectivity index (χ0n) is 17.6. The third kappa shape index (κ3) is 5.45. The molecule has 31 heavy (non-hydrogen) atoms. The molecule has 3 rings (SSSR count). The Morgan fingerprint density at radius 2 is 1.90 bits per heavy atom. The summed E-state index contributed by atoms with van der Waals surface area (Å²) in [6.07, 6.45) is -2.31. The highest BCUT2D eigenvalue weighted by Gasteiger charge is 2.30. The fourth-order valence-corrected chi connectivity index (χ4v) is 3.47. The van der Waals surface area contributed by atoms with Crippen LogP contribution in [-0.2, 0) is 11.0 Å². The molecule has 0 radical (unpaired) electrons. The predicted octanol–water partition coefficient (Wildman–Crippen LogP) is 4.49. The first-order chi connectivity index (χ1) is 14.5. The van der Waals surface area contributed by atoms with Gasteiger partial charge in [-0.25, -0.2) is 0 Å². The largest absolute Gasteiger partial charge is 0.416 e. The summed E-state index contributed by atoms with van der Waals surface area (Å²) >= 11 is 0. The van der Waals surface area contributed by atoms with E-state index in [-0.39, 0.29) is 11.5 Å². The molecule has 0 spiro atoms. The third-order valence-corrected chi connectivity index (χ3v) is 5.00. The Balaban J connectivity index is 1.83. The zero-order chi connectivity index (χ0) is 22.8. The molecule has 0 atom stereocenters. The van der Waals surface area contributed by atoms with E-state index in [2.05, 4.69) is 5.32 Å². The highest BCUT2D eigenvalue weighted by Crippen LogP contribution is 2.31. The lowest BCUT2D eigenvalue weighted by atomic mass is 10.0. The van der Waals surface area contributed by atoms with Crippen LogP contribution in [-0.4, -0.2) is 43.8 Å². The van der Waals surface area contributed by atoms with Gasteiger partial charge < -0.3 is 15.1 Å². The minimum absolute atomic E-state index is 0.0710. The van der Waals surface area contributed by atoms with Gasteiger partial charge in [-0.3, -0.25) is 9.59 Å². The number of benzene rings is 2. The molecule has 1 aliphatic rings. The van der Waals surface area contributed by atoms with E-state index in [1.807, 2.05) is 30.8 Å². The summed E-state index contributed by atoms with van der Waals surface area (Å²) < 4.78 is 38.8. The molecule has 1 N–H and O–H groups in total. The van der Waals surface area contributed by atoms with Gasteiger partial charge in [-0.05, 0) is 42.8 Å². The monoisotopic (exact) mass is 431 g/mol. The van der Waals surface area contributed by atoms with Crippen molar-refractivity contribution in [2.75, 3.05) is 37.4 Å². The first kappa shape index (κ1) is 22.4. The molecule has 2 aromatic rings. The number of carbonyl (C=O) groups is 2. The molecule has 8 heteroatoms. The van der Waals surface area contributed by atoms with Crippen LogP contribution in [0, 0.1) is 6.92 Å². The Bertz CT molecular complexity index is 1030. The summed E-state index contributed by atoms with van der Waals surface area (Å²) in [7, 11) is 3.70. The van der Waals surface area contributed by atoms with Crippen molar-refractivity contribution in [1.82, 2.24) is 4.90 Å². The summed E-state index contributed by atoms with van der Waals surface area (Å²) in [5.74, 6) is -0.404. The minimum atomic E-state index is -4.48. The average molecular weight is 431 g/mol. The maximum atomic E-state index is 12.9. The van der Waals surface area contributed by atoms with Crippen LogP contribution in [0.25, 0.3) is 0 Å². The van der Waals surface area contributed by atoms with Crippen LogP contribution in [0.5, 0.6) is 0 Å². The predicted molar refractivity (Wildman–Crippen MR) is 114 cm³/mol. The van der Waals surface area contributed by atoms with Crippen molar-refractivity contribution in [3.8, 4) is 0 Å². The van der Waals surface area contributed by atoms with Crippen LogP contribution < -0.4 is 10.2 Å². The van der Waals surface area contributed by atoms with Gasteiger partial charge in [0, 0.05) is 62.3 Å². The molecule has 164 valence electrons. The molecular formula is C23H24F3N3O2. The Morgan fingerprint density at radius 3 is 2.58 bits per heavy atom. The molecule has 1 aliphatic heterocycles. The number of aryl methyl sites for hydroxylation is 1. The second kappa shape index (κ2) is 8.83. The van der Waals surface area contributed by atoms with Crippen molar-refractivity contribution in [2.24, 2.45) is 0 Å². The van der Waals surface area contributed by atoms with Crippen LogP contribution in [0.4, 0.5) is 24.5 Å². The summed E-state index contributed by atoms with van der Waals surface area (Å²) in [6, 6.07) is 9.66. The van der Waals surface area contributed by atoms with E-state index in [9.17, 15) is 22.8 Å². The van der Waals surface area contributed by atoms with E-state index in [4.69, 9.17) is 0 Å². The Hall–Kier alpha value is -3.29. The number of nitrogens with zero attached hydrogens (tertiary/aromatic N) is 2. The van der Waals surface area contributed by atoms with Gasteiger partial charge in [0.2, 0.25) is 0 Å². The number of anilines is 2. The second-order valence-electron chi connectivity index (χ2n) is 7.75. The van der Waals surface area contributed by atoms with Gasteiger partial charge in [-0.15, -0.1) is 0 Å². The lowest BCUT2D eigenvalue weighted by Crippen LogP contribution is -2.37. The fraction of sp³-hybridized carbons (Fsp3) is 0.304. The molecule has 0 bridgehead atoms. The maximum absolute atomic E-state index is 12.9. The molecular weight excluding hydrogens is 407 g/mol. The van der Waals surface area contributed by atoms with Crippen LogP contribution in [0.3, 0.4) is 0 Å². The number of halogens is 3. The van der Waals surface area contributed by atoms with Gasteiger partial charge in [-0.2, -0.15) is 13.2 Å². The zero-order valence-corrected chi connectivity index (χ0v) is 17.6. The molecule has 0 saturated carbocycles. The maximum Gasteiger partial charge on any atom is 0.416 e. The molecule has 2 aromatic carbocycles. The Morgan fingerprint density at radius 1 is 1.16 bits per heavy atom. The summed E-state index contributed by atoms with van der Waals surface area (Å²) in [5, 5.41) is 2.53. The molecule has 0 unspecified atom stereocenters. The molecule has 1 fully saturated rings. The van der Waals surface area contributed by atoms with Crippen molar-refractivity contribution in [2.45, 2.75) is 19.5 Å². The molecule has 1 amide bonds. The van der Waals surface area contributed by atoms with Crippen molar-refractivity contribution >= 4 is 23.1 Å². The molecule has 1 heterocycles. The van der Waals surface area contributed by atoms with Gasteiger partial charge in [0.1, 0.15) is 0 Å². The number of piperidine rings is 1. The minimum Gasteiger partial charge on any atom is -0.383 e. The van der Waals surface area contributed by atoms with Gasteiger partial charge in [-0.1, -0.05) is 12.1 Å². The van der Waals surface area contributed by atoms with Gasteiger partial charge in [0.05, 0.1) is 5.56 Å². The van der Waals surface area contributed by atoms with E-state index < -0.39 is 17.6 Å². The van der Waals surface area contributed by atoms with Crippen LogP contribution >= 0.6 is 0 Å². The summed E-state index contributed by atoms with van der Waals surface area (Å²) in [6.45, 7) is 2.87. The Labute approximate surface area is 179 Å². The number of hydrogen-bond acceptors (Lipinski definition) is 4. The first-order valence-corrected chi connectivity index (χ1v) is 9.79. The first-order valence-electron chi connectivity index (χ1n) is 9.79. The van der Waals surface area contributed by atoms with E-state index in [0.717, 1.165) is 23.4 Å². The van der Waals surface area contributed by atoms with Crippen molar-refractivity contribution in [3.05, 3.63) is 70.9 Å². The lowest BCUT2D eigenvalue weighted by molar-refractivity contribution is -0.137. The number of carbonyl (C=O) groups excluding carboxylic acids is 2. The summed E-state index contributed by atoms with van der Waals surface area (Å²) in [5.41, 5.74) is 2.01. The van der Waals surface area contributed by atoms with Crippen molar-refractivity contribution in [1.29, 1.82) is 0 Å². The SMILES string of the molecule is Cc1ccc(C(=O)Nc2cccc(C(F)(F)F)c2)cc1N1CCC(=O)/C(=C/N(C)C)C1. The Kier molecular flexibility index (Phi) is 6.38.